The van der Waals surface area contributed by atoms with Crippen molar-refractivity contribution in [3.05, 3.63) is 0 Å². The minimum atomic E-state index is 0.0823. The minimum Gasteiger partial charge on any atom is -0.353 e. The van der Waals surface area contributed by atoms with E-state index < -0.39 is 0 Å². The van der Waals surface area contributed by atoms with Gasteiger partial charge in [0, 0.05) is 6.61 Å². The summed E-state index contributed by atoms with van der Waals surface area (Å²) in [6.45, 7) is 5.33. The highest BCUT2D eigenvalue weighted by atomic mass is 16.7. The van der Waals surface area contributed by atoms with Gasteiger partial charge in [-0.2, -0.15) is 0 Å². The molecule has 0 spiro atoms. The first-order valence-electron chi connectivity index (χ1n) is 7.60. The fraction of sp³-hybridized carbons (Fsp3) is 1.00. The lowest BCUT2D eigenvalue weighted by Crippen LogP contribution is -2.26. The van der Waals surface area contributed by atoms with E-state index in [2.05, 4.69) is 13.8 Å². The van der Waals surface area contributed by atoms with Gasteiger partial charge in [-0.1, -0.05) is 45.4 Å². The summed E-state index contributed by atoms with van der Waals surface area (Å²) in [7, 11) is 0. The molecule has 0 radical (unpaired) electrons. The maximum Gasteiger partial charge on any atom is 0.157 e. The summed E-state index contributed by atoms with van der Waals surface area (Å²) in [5.41, 5.74) is 0. The molecule has 2 unspecified atom stereocenters. The molecule has 1 rings (SSSR count). The Kier molecular flexibility index (Phi) is 8.72. The van der Waals surface area contributed by atoms with E-state index in [1.165, 1.54) is 57.8 Å². The maximum atomic E-state index is 5.90. The average Bonchev–Trinajstić information content (AvgIpc) is 2.35. The van der Waals surface area contributed by atoms with E-state index >= 15 is 0 Å². The van der Waals surface area contributed by atoms with Crippen LogP contribution < -0.4 is 0 Å². The third-order valence-electron chi connectivity index (χ3n) is 3.49. The van der Waals surface area contributed by atoms with Crippen LogP contribution in [0, 0.1) is 0 Å². The fourth-order valence-corrected chi connectivity index (χ4v) is 2.36. The Morgan fingerprint density at radius 3 is 2.59 bits per heavy atom. The van der Waals surface area contributed by atoms with E-state index in [-0.39, 0.29) is 6.29 Å². The van der Waals surface area contributed by atoms with Gasteiger partial charge in [-0.05, 0) is 32.6 Å². The van der Waals surface area contributed by atoms with Gasteiger partial charge in [0.1, 0.15) is 0 Å². The number of ether oxygens (including phenoxy) is 2. The van der Waals surface area contributed by atoms with E-state index in [1.54, 1.807) is 0 Å². The van der Waals surface area contributed by atoms with Crippen molar-refractivity contribution in [3.8, 4) is 0 Å². The van der Waals surface area contributed by atoms with Crippen molar-refractivity contribution < 1.29 is 9.47 Å². The summed E-state index contributed by atoms with van der Waals surface area (Å²) in [4.78, 5) is 0. The summed E-state index contributed by atoms with van der Waals surface area (Å²) in [5, 5.41) is 0. The summed E-state index contributed by atoms with van der Waals surface area (Å²) < 4.78 is 11.5. The second-order valence-electron chi connectivity index (χ2n) is 5.30. The van der Waals surface area contributed by atoms with Gasteiger partial charge < -0.3 is 9.47 Å². The number of hydrogen-bond donors (Lipinski definition) is 0. The zero-order valence-corrected chi connectivity index (χ0v) is 11.7. The number of hydrogen-bond acceptors (Lipinski definition) is 2. The molecule has 0 N–H and O–H groups in total. The van der Waals surface area contributed by atoms with Gasteiger partial charge >= 0.3 is 0 Å². The SMILES string of the molecule is CCCCCCCCC(C)OC1CCCCO1. The van der Waals surface area contributed by atoms with Crippen molar-refractivity contribution in [2.24, 2.45) is 0 Å². The molecule has 102 valence electrons. The third-order valence-corrected chi connectivity index (χ3v) is 3.49. The highest BCUT2D eigenvalue weighted by Crippen LogP contribution is 2.18. The molecular weight excluding hydrogens is 212 g/mol. The van der Waals surface area contributed by atoms with Gasteiger partial charge in [0.05, 0.1) is 6.10 Å². The van der Waals surface area contributed by atoms with E-state index in [9.17, 15) is 0 Å². The maximum absolute atomic E-state index is 5.90. The molecule has 0 aromatic carbocycles. The van der Waals surface area contributed by atoms with Crippen LogP contribution in [-0.2, 0) is 9.47 Å². The Morgan fingerprint density at radius 1 is 1.12 bits per heavy atom. The molecule has 2 atom stereocenters. The molecule has 0 aromatic heterocycles. The van der Waals surface area contributed by atoms with Crippen molar-refractivity contribution in [1.82, 2.24) is 0 Å². The first kappa shape index (κ1) is 15.0. The van der Waals surface area contributed by atoms with Crippen molar-refractivity contribution >= 4 is 0 Å². The van der Waals surface area contributed by atoms with Gasteiger partial charge in [0.15, 0.2) is 6.29 Å². The Hall–Kier alpha value is -0.0800. The first-order valence-corrected chi connectivity index (χ1v) is 7.60. The standard InChI is InChI=1S/C15H30O2/c1-3-4-5-6-7-8-11-14(2)17-15-12-9-10-13-16-15/h14-15H,3-13H2,1-2H3. The molecule has 1 aliphatic rings. The van der Waals surface area contributed by atoms with Crippen LogP contribution in [0.2, 0.25) is 0 Å². The van der Waals surface area contributed by atoms with Crippen LogP contribution >= 0.6 is 0 Å². The average molecular weight is 242 g/mol. The normalized spacial score (nSPS) is 22.6. The molecule has 0 bridgehead atoms. The Bertz CT molecular complexity index is 164. The second kappa shape index (κ2) is 9.90. The Morgan fingerprint density at radius 2 is 1.88 bits per heavy atom. The molecule has 2 nitrogen and oxygen atoms in total. The third kappa shape index (κ3) is 7.77. The lowest BCUT2D eigenvalue weighted by molar-refractivity contribution is -0.185. The van der Waals surface area contributed by atoms with Crippen molar-refractivity contribution in [2.75, 3.05) is 6.61 Å². The summed E-state index contributed by atoms with van der Waals surface area (Å²) in [6.07, 6.45) is 13.4. The van der Waals surface area contributed by atoms with Gasteiger partial charge in [-0.3, -0.25) is 0 Å². The van der Waals surface area contributed by atoms with Crippen molar-refractivity contribution in [1.29, 1.82) is 0 Å². The van der Waals surface area contributed by atoms with E-state index in [0.717, 1.165) is 13.0 Å². The Balaban J connectivity index is 1.91. The first-order chi connectivity index (χ1) is 8.33. The topological polar surface area (TPSA) is 18.5 Å². The van der Waals surface area contributed by atoms with Crippen LogP contribution in [0.5, 0.6) is 0 Å². The predicted molar refractivity (Wildman–Crippen MR) is 72.1 cm³/mol. The highest BCUT2D eigenvalue weighted by Gasteiger charge is 2.16. The smallest absolute Gasteiger partial charge is 0.157 e. The predicted octanol–water partition coefficient (Wildman–Crippen LogP) is 4.67. The van der Waals surface area contributed by atoms with Crippen LogP contribution in [0.3, 0.4) is 0 Å². The summed E-state index contributed by atoms with van der Waals surface area (Å²) >= 11 is 0. The van der Waals surface area contributed by atoms with Gasteiger partial charge in [0.25, 0.3) is 0 Å². The molecule has 1 aliphatic heterocycles. The van der Waals surface area contributed by atoms with Gasteiger partial charge in [-0.25, -0.2) is 0 Å². The van der Waals surface area contributed by atoms with E-state index in [1.807, 2.05) is 0 Å². The molecule has 2 heteroatoms. The molecule has 1 saturated heterocycles. The van der Waals surface area contributed by atoms with Crippen LogP contribution in [0.15, 0.2) is 0 Å². The van der Waals surface area contributed by atoms with Crippen LogP contribution in [0.4, 0.5) is 0 Å². The quantitative estimate of drug-likeness (QED) is 0.547. The zero-order chi connectivity index (χ0) is 12.3. The largest absolute Gasteiger partial charge is 0.353 e. The molecule has 0 amide bonds. The van der Waals surface area contributed by atoms with Gasteiger partial charge in [-0.15, -0.1) is 0 Å². The van der Waals surface area contributed by atoms with Gasteiger partial charge in [0.2, 0.25) is 0 Å². The lowest BCUT2D eigenvalue weighted by Gasteiger charge is -2.26. The highest BCUT2D eigenvalue weighted by molar-refractivity contribution is 4.58. The fourth-order valence-electron chi connectivity index (χ4n) is 2.36. The van der Waals surface area contributed by atoms with Crippen LogP contribution in [-0.4, -0.2) is 19.0 Å². The Labute approximate surface area is 107 Å². The monoisotopic (exact) mass is 242 g/mol. The second-order valence-corrected chi connectivity index (χ2v) is 5.30. The molecule has 1 heterocycles. The van der Waals surface area contributed by atoms with E-state index in [0.29, 0.717) is 6.10 Å². The molecule has 0 aliphatic carbocycles. The summed E-state index contributed by atoms with van der Waals surface area (Å²) in [6, 6.07) is 0. The molecule has 17 heavy (non-hydrogen) atoms. The zero-order valence-electron chi connectivity index (χ0n) is 11.7. The molecular formula is C15H30O2. The summed E-state index contributed by atoms with van der Waals surface area (Å²) in [5.74, 6) is 0. The van der Waals surface area contributed by atoms with Crippen LogP contribution in [0.1, 0.15) is 78.1 Å². The lowest BCUT2D eigenvalue weighted by atomic mass is 10.1. The molecule has 0 saturated carbocycles. The molecule has 0 aromatic rings. The molecule has 1 fully saturated rings. The van der Waals surface area contributed by atoms with Crippen LogP contribution in [0.25, 0.3) is 0 Å². The number of unbranched alkanes of at least 4 members (excludes halogenated alkanes) is 5. The number of rotatable bonds is 9. The van der Waals surface area contributed by atoms with E-state index in [4.69, 9.17) is 9.47 Å². The van der Waals surface area contributed by atoms with Crippen molar-refractivity contribution in [3.63, 3.8) is 0 Å². The minimum absolute atomic E-state index is 0.0823. The van der Waals surface area contributed by atoms with Crippen molar-refractivity contribution in [2.45, 2.75) is 90.4 Å².